The highest BCUT2D eigenvalue weighted by Crippen LogP contribution is 2.50. The Hall–Kier alpha value is -2.38. The molecule has 0 N–H and O–H groups in total. The number of methoxy groups -OCH3 is 1. The zero-order chi connectivity index (χ0) is 19.2. The first-order valence-corrected chi connectivity index (χ1v) is 10.3. The normalized spacial score (nSPS) is 23.6. The molecule has 1 amide bonds. The number of nitrogens with zero attached hydrogens (tertiary/aromatic N) is 2. The summed E-state index contributed by atoms with van der Waals surface area (Å²) in [5.74, 6) is 0.697. The Labute approximate surface area is 159 Å². The predicted octanol–water partition coefficient (Wildman–Crippen LogP) is 2.35. The van der Waals surface area contributed by atoms with Gasteiger partial charge in [0, 0.05) is 26.6 Å². The van der Waals surface area contributed by atoms with Crippen LogP contribution in [0.1, 0.15) is 24.5 Å². The van der Waals surface area contributed by atoms with Crippen molar-refractivity contribution in [2.75, 3.05) is 20.2 Å². The standard InChI is InChI=1S/C20H22N2O4S/c1-15(23)21-12-11-20(14-21)18-5-3-4-6-19(18)27(24,25)22(20)13-16-7-9-17(26-2)10-8-16/h3-10H,11-14H2,1-2H3. The van der Waals surface area contributed by atoms with E-state index in [1.165, 1.54) is 6.92 Å². The van der Waals surface area contributed by atoms with Gasteiger partial charge in [-0.3, -0.25) is 4.79 Å². The zero-order valence-electron chi connectivity index (χ0n) is 15.4. The number of likely N-dealkylation sites (tertiary alicyclic amines) is 1. The lowest BCUT2D eigenvalue weighted by atomic mass is 9.88. The van der Waals surface area contributed by atoms with E-state index in [9.17, 15) is 13.2 Å². The van der Waals surface area contributed by atoms with Crippen LogP contribution in [0.25, 0.3) is 0 Å². The molecule has 1 fully saturated rings. The smallest absolute Gasteiger partial charge is 0.244 e. The Kier molecular flexibility index (Phi) is 4.24. The van der Waals surface area contributed by atoms with E-state index in [4.69, 9.17) is 4.74 Å². The Morgan fingerprint density at radius 3 is 2.48 bits per heavy atom. The highest BCUT2D eigenvalue weighted by molar-refractivity contribution is 7.89. The molecule has 2 heterocycles. The SMILES string of the molecule is COc1ccc(CN2C3(CCN(C(C)=O)C3)c3ccccc3S2(=O)=O)cc1. The number of rotatable bonds is 3. The molecule has 0 saturated carbocycles. The number of benzene rings is 2. The van der Waals surface area contributed by atoms with Crippen molar-refractivity contribution in [1.29, 1.82) is 0 Å². The van der Waals surface area contributed by atoms with Gasteiger partial charge < -0.3 is 9.64 Å². The number of amides is 1. The number of carbonyl (C=O) groups excluding carboxylic acids is 1. The molecule has 0 aliphatic carbocycles. The number of hydrogen-bond donors (Lipinski definition) is 0. The second kappa shape index (κ2) is 6.35. The van der Waals surface area contributed by atoms with Crippen LogP contribution in [0.5, 0.6) is 5.75 Å². The number of ether oxygens (including phenoxy) is 1. The second-order valence-corrected chi connectivity index (χ2v) is 8.91. The molecule has 2 aromatic rings. The molecule has 142 valence electrons. The van der Waals surface area contributed by atoms with Gasteiger partial charge in [-0.25, -0.2) is 8.42 Å². The van der Waals surface area contributed by atoms with E-state index in [0.717, 1.165) is 16.9 Å². The Balaban J connectivity index is 1.79. The molecule has 1 spiro atoms. The maximum atomic E-state index is 13.3. The highest BCUT2D eigenvalue weighted by Gasteiger charge is 2.56. The molecule has 2 aliphatic rings. The summed E-state index contributed by atoms with van der Waals surface area (Å²) in [5, 5.41) is 0. The summed E-state index contributed by atoms with van der Waals surface area (Å²) in [6, 6.07) is 14.6. The molecule has 1 atom stereocenters. The van der Waals surface area contributed by atoms with Crippen LogP contribution < -0.4 is 4.74 Å². The van der Waals surface area contributed by atoms with Crippen molar-refractivity contribution in [2.45, 2.75) is 30.3 Å². The fraction of sp³-hybridized carbons (Fsp3) is 0.350. The molecule has 1 saturated heterocycles. The van der Waals surface area contributed by atoms with Gasteiger partial charge in [0.15, 0.2) is 0 Å². The van der Waals surface area contributed by atoms with Crippen molar-refractivity contribution in [1.82, 2.24) is 9.21 Å². The van der Waals surface area contributed by atoms with E-state index < -0.39 is 15.6 Å². The molecule has 7 heteroatoms. The molecular formula is C20H22N2O4S. The van der Waals surface area contributed by atoms with Crippen molar-refractivity contribution in [3.8, 4) is 5.75 Å². The van der Waals surface area contributed by atoms with Crippen LogP contribution in [0, 0.1) is 0 Å². The van der Waals surface area contributed by atoms with Crippen LogP contribution in [0.3, 0.4) is 0 Å². The van der Waals surface area contributed by atoms with Crippen molar-refractivity contribution in [2.24, 2.45) is 0 Å². The predicted molar refractivity (Wildman–Crippen MR) is 101 cm³/mol. The number of sulfonamides is 1. The van der Waals surface area contributed by atoms with E-state index in [-0.39, 0.29) is 12.5 Å². The van der Waals surface area contributed by atoms with Crippen molar-refractivity contribution < 1.29 is 17.9 Å². The van der Waals surface area contributed by atoms with Gasteiger partial charge >= 0.3 is 0 Å². The number of carbonyl (C=O) groups is 1. The highest BCUT2D eigenvalue weighted by atomic mass is 32.2. The summed E-state index contributed by atoms with van der Waals surface area (Å²) in [4.78, 5) is 14.0. The van der Waals surface area contributed by atoms with E-state index in [1.54, 1.807) is 28.4 Å². The van der Waals surface area contributed by atoms with Crippen LogP contribution in [-0.4, -0.2) is 43.7 Å². The lowest BCUT2D eigenvalue weighted by molar-refractivity contribution is -0.128. The van der Waals surface area contributed by atoms with Gasteiger partial charge in [-0.15, -0.1) is 0 Å². The first-order valence-electron chi connectivity index (χ1n) is 8.89. The van der Waals surface area contributed by atoms with Gasteiger partial charge in [0.1, 0.15) is 5.75 Å². The molecule has 6 nitrogen and oxygen atoms in total. The summed E-state index contributed by atoms with van der Waals surface area (Å²) < 4.78 is 33.5. The summed E-state index contributed by atoms with van der Waals surface area (Å²) >= 11 is 0. The summed E-state index contributed by atoms with van der Waals surface area (Å²) in [5.41, 5.74) is 0.969. The van der Waals surface area contributed by atoms with E-state index in [2.05, 4.69) is 0 Å². The van der Waals surface area contributed by atoms with E-state index >= 15 is 0 Å². The largest absolute Gasteiger partial charge is 0.497 e. The second-order valence-electron chi connectivity index (χ2n) is 7.08. The number of fused-ring (bicyclic) bond motifs is 2. The lowest BCUT2D eigenvalue weighted by Gasteiger charge is -2.34. The van der Waals surface area contributed by atoms with Crippen molar-refractivity contribution >= 4 is 15.9 Å². The first kappa shape index (κ1) is 18.0. The van der Waals surface area contributed by atoms with Crippen molar-refractivity contribution in [3.05, 3.63) is 59.7 Å². The minimum atomic E-state index is -3.64. The minimum Gasteiger partial charge on any atom is -0.497 e. The Bertz CT molecular complexity index is 987. The first-order chi connectivity index (χ1) is 12.9. The third-order valence-electron chi connectivity index (χ3n) is 5.61. The fourth-order valence-corrected chi connectivity index (χ4v) is 6.23. The monoisotopic (exact) mass is 386 g/mol. The van der Waals surface area contributed by atoms with Crippen molar-refractivity contribution in [3.63, 3.8) is 0 Å². The minimum absolute atomic E-state index is 0.0296. The van der Waals surface area contributed by atoms with Crippen LogP contribution in [-0.2, 0) is 26.9 Å². The van der Waals surface area contributed by atoms with E-state index in [1.807, 2.05) is 36.4 Å². The average molecular weight is 386 g/mol. The van der Waals surface area contributed by atoms with Gasteiger partial charge in [0.2, 0.25) is 15.9 Å². The third-order valence-corrected chi connectivity index (χ3v) is 7.58. The zero-order valence-corrected chi connectivity index (χ0v) is 16.2. The summed E-state index contributed by atoms with van der Waals surface area (Å²) in [7, 11) is -2.04. The Morgan fingerprint density at radius 1 is 1.15 bits per heavy atom. The average Bonchev–Trinajstić information content (AvgIpc) is 3.19. The van der Waals surface area contributed by atoms with Crippen LogP contribution in [0.15, 0.2) is 53.4 Å². The molecule has 2 aliphatic heterocycles. The molecule has 1 unspecified atom stereocenters. The molecule has 2 aromatic carbocycles. The Morgan fingerprint density at radius 2 is 1.85 bits per heavy atom. The van der Waals surface area contributed by atoms with Gasteiger partial charge in [-0.2, -0.15) is 4.31 Å². The summed E-state index contributed by atoms with van der Waals surface area (Å²) in [6.07, 6.45) is 0.596. The fourth-order valence-electron chi connectivity index (χ4n) is 4.18. The lowest BCUT2D eigenvalue weighted by Crippen LogP contribution is -2.45. The van der Waals surface area contributed by atoms with Crippen LogP contribution >= 0.6 is 0 Å². The quantitative estimate of drug-likeness (QED) is 0.812. The van der Waals surface area contributed by atoms with Gasteiger partial charge in [-0.05, 0) is 35.7 Å². The van der Waals surface area contributed by atoms with Gasteiger partial charge in [0.25, 0.3) is 0 Å². The van der Waals surface area contributed by atoms with Crippen LogP contribution in [0.4, 0.5) is 0 Å². The molecule has 4 rings (SSSR count). The molecule has 27 heavy (non-hydrogen) atoms. The molecule has 0 aromatic heterocycles. The maximum absolute atomic E-state index is 13.3. The van der Waals surface area contributed by atoms with Crippen LogP contribution in [0.2, 0.25) is 0 Å². The third kappa shape index (κ3) is 2.73. The molecule has 0 bridgehead atoms. The maximum Gasteiger partial charge on any atom is 0.244 e. The molecular weight excluding hydrogens is 364 g/mol. The number of hydrogen-bond acceptors (Lipinski definition) is 4. The summed E-state index contributed by atoms with van der Waals surface area (Å²) in [6.45, 7) is 2.72. The van der Waals surface area contributed by atoms with Gasteiger partial charge in [0.05, 0.1) is 17.5 Å². The van der Waals surface area contributed by atoms with E-state index in [0.29, 0.717) is 24.4 Å². The van der Waals surface area contributed by atoms with Gasteiger partial charge in [-0.1, -0.05) is 30.3 Å². The topological polar surface area (TPSA) is 66.9 Å². The molecule has 0 radical (unpaired) electrons.